The van der Waals surface area contributed by atoms with Crippen molar-refractivity contribution in [1.82, 2.24) is 4.72 Å². The van der Waals surface area contributed by atoms with E-state index in [2.05, 4.69) is 4.72 Å². The first kappa shape index (κ1) is 16.1. The predicted molar refractivity (Wildman–Crippen MR) is 80.5 cm³/mol. The normalized spacial score (nSPS) is 22.4. The van der Waals surface area contributed by atoms with E-state index < -0.39 is 10.0 Å². The molecule has 2 atom stereocenters. The average molecular weight is 314 g/mol. The number of rotatable bonds is 6. The number of anilines is 1. The van der Waals surface area contributed by atoms with Gasteiger partial charge in [0.1, 0.15) is 10.6 Å². The number of methoxy groups -OCH3 is 1. The first-order valence-corrected chi connectivity index (χ1v) is 8.50. The van der Waals surface area contributed by atoms with Crippen molar-refractivity contribution in [1.29, 1.82) is 0 Å². The van der Waals surface area contributed by atoms with Crippen LogP contribution in [0.1, 0.15) is 19.3 Å². The minimum absolute atomic E-state index is 0.0812. The standard InChI is InChI=1S/C14H22N2O4S/c1-20-13-7-12(15)5-6-14(13)21(18,19)16-8-10-3-2-4-11(10)9-17/h5-7,10-11,16-17H,2-4,8-9,15H2,1H3. The average Bonchev–Trinajstić information content (AvgIpc) is 2.92. The van der Waals surface area contributed by atoms with Crippen LogP contribution in [0.15, 0.2) is 23.1 Å². The fourth-order valence-corrected chi connectivity index (χ4v) is 4.07. The van der Waals surface area contributed by atoms with Crippen LogP contribution in [0.5, 0.6) is 5.75 Å². The quantitative estimate of drug-likeness (QED) is 0.679. The van der Waals surface area contributed by atoms with Crippen molar-refractivity contribution in [2.75, 3.05) is 26.0 Å². The van der Waals surface area contributed by atoms with E-state index in [4.69, 9.17) is 10.5 Å². The number of aliphatic hydroxyl groups excluding tert-OH is 1. The summed E-state index contributed by atoms with van der Waals surface area (Å²) in [7, 11) is -2.24. The van der Waals surface area contributed by atoms with E-state index >= 15 is 0 Å². The molecule has 6 nitrogen and oxygen atoms in total. The number of hydrogen-bond donors (Lipinski definition) is 3. The van der Waals surface area contributed by atoms with E-state index in [0.717, 1.165) is 19.3 Å². The molecule has 1 aliphatic rings. The van der Waals surface area contributed by atoms with Crippen LogP contribution in [0.4, 0.5) is 5.69 Å². The Labute approximate surface area is 125 Å². The van der Waals surface area contributed by atoms with Gasteiger partial charge in [-0.1, -0.05) is 6.42 Å². The minimum atomic E-state index is -3.65. The monoisotopic (exact) mass is 314 g/mol. The number of hydrogen-bond acceptors (Lipinski definition) is 5. The van der Waals surface area contributed by atoms with Crippen molar-refractivity contribution in [2.24, 2.45) is 11.8 Å². The Hall–Kier alpha value is -1.31. The van der Waals surface area contributed by atoms with E-state index in [9.17, 15) is 13.5 Å². The van der Waals surface area contributed by atoms with Crippen molar-refractivity contribution in [3.63, 3.8) is 0 Å². The Kier molecular flexibility index (Phi) is 5.08. The summed E-state index contributed by atoms with van der Waals surface area (Å²) in [4.78, 5) is 0.0812. The molecule has 0 heterocycles. The summed E-state index contributed by atoms with van der Waals surface area (Å²) in [6.45, 7) is 0.443. The van der Waals surface area contributed by atoms with Crippen LogP contribution in [0, 0.1) is 11.8 Å². The fraction of sp³-hybridized carbons (Fsp3) is 0.571. The number of sulfonamides is 1. The first-order chi connectivity index (χ1) is 9.97. The summed E-state index contributed by atoms with van der Waals surface area (Å²) in [6.07, 6.45) is 2.92. The zero-order valence-corrected chi connectivity index (χ0v) is 12.9. The lowest BCUT2D eigenvalue weighted by molar-refractivity contribution is 0.195. The topological polar surface area (TPSA) is 102 Å². The van der Waals surface area contributed by atoms with Gasteiger partial charge in [-0.3, -0.25) is 0 Å². The number of nitrogens with two attached hydrogens (primary N) is 1. The second kappa shape index (κ2) is 6.64. The summed E-state index contributed by atoms with van der Waals surface area (Å²) in [5, 5.41) is 9.28. The molecule has 21 heavy (non-hydrogen) atoms. The van der Waals surface area contributed by atoms with Gasteiger partial charge in [0.05, 0.1) is 7.11 Å². The van der Waals surface area contributed by atoms with Crippen LogP contribution in [-0.4, -0.2) is 33.8 Å². The molecule has 1 aromatic rings. The molecule has 118 valence electrons. The number of nitrogen functional groups attached to an aromatic ring is 1. The lowest BCUT2D eigenvalue weighted by atomic mass is 9.97. The van der Waals surface area contributed by atoms with Crippen LogP contribution >= 0.6 is 0 Å². The zero-order chi connectivity index (χ0) is 15.5. The third kappa shape index (κ3) is 3.66. The SMILES string of the molecule is COc1cc(N)ccc1S(=O)(=O)NCC1CCCC1CO. The molecule has 1 saturated carbocycles. The van der Waals surface area contributed by atoms with Crippen molar-refractivity contribution < 1.29 is 18.3 Å². The Morgan fingerprint density at radius 2 is 2.10 bits per heavy atom. The van der Waals surface area contributed by atoms with Crippen molar-refractivity contribution in [3.05, 3.63) is 18.2 Å². The molecule has 4 N–H and O–H groups in total. The maximum absolute atomic E-state index is 12.4. The van der Waals surface area contributed by atoms with Gasteiger partial charge in [0.25, 0.3) is 0 Å². The lowest BCUT2D eigenvalue weighted by Gasteiger charge is -2.18. The molecule has 0 aromatic heterocycles. The summed E-state index contributed by atoms with van der Waals surface area (Å²) in [6, 6.07) is 4.46. The highest BCUT2D eigenvalue weighted by Gasteiger charge is 2.28. The maximum atomic E-state index is 12.4. The van der Waals surface area contributed by atoms with Crippen molar-refractivity contribution in [2.45, 2.75) is 24.2 Å². The van der Waals surface area contributed by atoms with Gasteiger partial charge >= 0.3 is 0 Å². The third-order valence-electron chi connectivity index (χ3n) is 4.06. The van der Waals surface area contributed by atoms with E-state index in [1.165, 1.54) is 25.3 Å². The Bertz CT molecular complexity index is 589. The van der Waals surface area contributed by atoms with Crippen LogP contribution in [0.25, 0.3) is 0 Å². The largest absolute Gasteiger partial charge is 0.495 e. The molecule has 1 aromatic carbocycles. The highest BCUT2D eigenvalue weighted by molar-refractivity contribution is 7.89. The molecule has 2 rings (SSSR count). The van der Waals surface area contributed by atoms with Gasteiger partial charge in [0, 0.05) is 24.9 Å². The minimum Gasteiger partial charge on any atom is -0.495 e. The summed E-state index contributed by atoms with van der Waals surface area (Å²) < 4.78 is 32.5. The van der Waals surface area contributed by atoms with Crippen molar-refractivity contribution >= 4 is 15.7 Å². The second-order valence-corrected chi connectivity index (χ2v) is 7.13. The zero-order valence-electron chi connectivity index (χ0n) is 12.1. The number of aliphatic hydroxyl groups is 1. The van der Waals surface area contributed by atoms with Crippen molar-refractivity contribution in [3.8, 4) is 5.75 Å². The molecule has 7 heteroatoms. The molecule has 0 saturated heterocycles. The highest BCUT2D eigenvalue weighted by Crippen LogP contribution is 2.31. The number of nitrogens with one attached hydrogen (secondary N) is 1. The summed E-state index contributed by atoms with van der Waals surface area (Å²) in [5.74, 6) is 0.596. The molecule has 1 aliphatic carbocycles. The molecule has 1 fully saturated rings. The van der Waals surface area contributed by atoms with Gasteiger partial charge in [-0.2, -0.15) is 0 Å². The maximum Gasteiger partial charge on any atom is 0.244 e. The van der Waals surface area contributed by atoms with Crippen LogP contribution in [0.2, 0.25) is 0 Å². The number of benzene rings is 1. The molecule has 0 amide bonds. The lowest BCUT2D eigenvalue weighted by Crippen LogP contribution is -2.32. The predicted octanol–water partition coefficient (Wildman–Crippen LogP) is 0.964. The Balaban J connectivity index is 2.12. The number of ether oxygens (including phenoxy) is 1. The van der Waals surface area contributed by atoms with Gasteiger partial charge in [0.2, 0.25) is 10.0 Å². The highest BCUT2D eigenvalue weighted by atomic mass is 32.2. The molecule has 2 unspecified atom stereocenters. The van der Waals surface area contributed by atoms with Gasteiger partial charge in [-0.15, -0.1) is 0 Å². The fourth-order valence-electron chi connectivity index (χ4n) is 2.82. The smallest absolute Gasteiger partial charge is 0.244 e. The Morgan fingerprint density at radius 1 is 1.38 bits per heavy atom. The second-order valence-electron chi connectivity index (χ2n) is 5.40. The van der Waals surface area contributed by atoms with Gasteiger partial charge in [-0.05, 0) is 36.8 Å². The van der Waals surface area contributed by atoms with Gasteiger partial charge in [0.15, 0.2) is 0 Å². The van der Waals surface area contributed by atoms with Gasteiger partial charge < -0.3 is 15.6 Å². The van der Waals surface area contributed by atoms with Crippen LogP contribution in [0.3, 0.4) is 0 Å². The first-order valence-electron chi connectivity index (χ1n) is 7.02. The third-order valence-corrected chi connectivity index (χ3v) is 5.53. The Morgan fingerprint density at radius 3 is 2.76 bits per heavy atom. The van der Waals surface area contributed by atoms with E-state index in [0.29, 0.717) is 12.2 Å². The van der Waals surface area contributed by atoms with Gasteiger partial charge in [-0.25, -0.2) is 13.1 Å². The van der Waals surface area contributed by atoms with E-state index in [1.54, 1.807) is 0 Å². The van der Waals surface area contributed by atoms with Crippen LogP contribution < -0.4 is 15.2 Å². The summed E-state index contributed by atoms with van der Waals surface area (Å²) in [5.41, 5.74) is 6.08. The summed E-state index contributed by atoms with van der Waals surface area (Å²) >= 11 is 0. The molecule has 0 aliphatic heterocycles. The molecular weight excluding hydrogens is 292 g/mol. The molecule has 0 bridgehead atoms. The van der Waals surface area contributed by atoms with Crippen LogP contribution in [-0.2, 0) is 10.0 Å². The molecule has 0 spiro atoms. The molecular formula is C14H22N2O4S. The molecule has 0 radical (unpaired) electrons. The van der Waals surface area contributed by atoms with E-state index in [1.807, 2.05) is 0 Å². The van der Waals surface area contributed by atoms with E-state index in [-0.39, 0.29) is 29.1 Å².